The Hall–Kier alpha value is -1.65. The maximum absolute atomic E-state index is 10.4. The summed E-state index contributed by atoms with van der Waals surface area (Å²) in [4.78, 5) is 17.7. The minimum Gasteiger partial charge on any atom is -0.476 e. The number of aromatic carboxylic acids is 1. The Bertz CT molecular complexity index is 298. The highest BCUT2D eigenvalue weighted by atomic mass is 16.4. The fourth-order valence-corrected chi connectivity index (χ4v) is 0.661. The number of anilines is 1. The van der Waals surface area contributed by atoms with Crippen molar-refractivity contribution in [2.75, 3.05) is 5.73 Å². The molecular weight excluding hydrogens is 146 g/mol. The molecule has 58 valence electrons. The summed E-state index contributed by atoms with van der Waals surface area (Å²) in [6, 6.07) is 0. The van der Waals surface area contributed by atoms with Gasteiger partial charge in [0, 0.05) is 6.20 Å². The van der Waals surface area contributed by atoms with Crippen molar-refractivity contribution >= 4 is 11.8 Å². The number of hydrogen-bond donors (Lipinski definition) is 2. The minimum atomic E-state index is -1.16. The van der Waals surface area contributed by atoms with Crippen molar-refractivity contribution < 1.29 is 9.90 Å². The monoisotopic (exact) mass is 153 g/mol. The van der Waals surface area contributed by atoms with Gasteiger partial charge in [-0.2, -0.15) is 0 Å². The molecular formula is C6H7N3O2. The molecule has 0 fully saturated rings. The Kier molecular flexibility index (Phi) is 1.72. The molecule has 0 aliphatic rings. The van der Waals surface area contributed by atoms with E-state index in [9.17, 15) is 4.79 Å². The summed E-state index contributed by atoms with van der Waals surface area (Å²) in [6.45, 7) is 1.69. The van der Waals surface area contributed by atoms with Crippen molar-refractivity contribution in [3.8, 4) is 0 Å². The second-order valence-corrected chi connectivity index (χ2v) is 2.05. The molecule has 0 aromatic carbocycles. The van der Waals surface area contributed by atoms with Crippen molar-refractivity contribution in [3.05, 3.63) is 17.6 Å². The predicted octanol–water partition coefficient (Wildman–Crippen LogP) is 0.0654. The van der Waals surface area contributed by atoms with Gasteiger partial charge in [-0.25, -0.2) is 14.8 Å². The van der Waals surface area contributed by atoms with Crippen LogP contribution in [0.4, 0.5) is 5.82 Å². The summed E-state index contributed by atoms with van der Waals surface area (Å²) in [5.41, 5.74) is 5.67. The third kappa shape index (κ3) is 1.43. The van der Waals surface area contributed by atoms with E-state index in [4.69, 9.17) is 10.8 Å². The average molecular weight is 153 g/mol. The number of aryl methyl sites for hydroxylation is 1. The smallest absolute Gasteiger partial charge is 0.358 e. The lowest BCUT2D eigenvalue weighted by atomic mass is 10.4. The first-order valence-corrected chi connectivity index (χ1v) is 2.93. The van der Waals surface area contributed by atoms with Crippen molar-refractivity contribution in [2.45, 2.75) is 6.92 Å². The molecule has 0 saturated carbocycles. The van der Waals surface area contributed by atoms with Crippen LogP contribution >= 0.6 is 0 Å². The highest BCUT2D eigenvalue weighted by molar-refractivity contribution is 5.90. The molecule has 1 rings (SSSR count). The second-order valence-electron chi connectivity index (χ2n) is 2.05. The van der Waals surface area contributed by atoms with Crippen LogP contribution in [0.5, 0.6) is 0 Å². The number of hydrogen-bond acceptors (Lipinski definition) is 4. The van der Waals surface area contributed by atoms with Crippen molar-refractivity contribution in [2.24, 2.45) is 0 Å². The van der Waals surface area contributed by atoms with Gasteiger partial charge in [-0.1, -0.05) is 0 Å². The van der Waals surface area contributed by atoms with Crippen molar-refractivity contribution in [1.82, 2.24) is 9.97 Å². The third-order valence-electron chi connectivity index (χ3n) is 1.12. The molecule has 1 aromatic heterocycles. The number of aromatic nitrogens is 2. The molecule has 1 aromatic rings. The van der Waals surface area contributed by atoms with E-state index in [1.54, 1.807) is 6.92 Å². The van der Waals surface area contributed by atoms with Gasteiger partial charge in [0.05, 0.1) is 5.69 Å². The van der Waals surface area contributed by atoms with Crippen LogP contribution in [0.25, 0.3) is 0 Å². The first kappa shape index (κ1) is 7.46. The van der Waals surface area contributed by atoms with Crippen LogP contribution < -0.4 is 5.73 Å². The maximum atomic E-state index is 10.4. The van der Waals surface area contributed by atoms with Crippen LogP contribution in [-0.2, 0) is 0 Å². The predicted molar refractivity (Wildman–Crippen MR) is 38.1 cm³/mol. The van der Waals surface area contributed by atoms with Gasteiger partial charge >= 0.3 is 5.97 Å². The average Bonchev–Trinajstić information content (AvgIpc) is 1.85. The molecule has 0 radical (unpaired) electrons. The Labute approximate surface area is 62.9 Å². The number of nitrogen functional groups attached to an aromatic ring is 1. The Morgan fingerprint density at radius 1 is 1.73 bits per heavy atom. The fourth-order valence-electron chi connectivity index (χ4n) is 0.661. The molecule has 0 amide bonds. The first-order valence-electron chi connectivity index (χ1n) is 2.93. The lowest BCUT2D eigenvalue weighted by Crippen LogP contribution is -2.07. The number of rotatable bonds is 1. The summed E-state index contributed by atoms with van der Waals surface area (Å²) in [6.07, 6.45) is 1.36. The molecule has 0 aliphatic heterocycles. The van der Waals surface area contributed by atoms with E-state index in [1.807, 2.05) is 0 Å². The van der Waals surface area contributed by atoms with E-state index in [2.05, 4.69) is 9.97 Å². The number of nitrogens with two attached hydrogens (primary N) is 1. The van der Waals surface area contributed by atoms with Crippen LogP contribution in [0, 0.1) is 6.92 Å². The fraction of sp³-hybridized carbons (Fsp3) is 0.167. The van der Waals surface area contributed by atoms with Gasteiger partial charge in [0.15, 0.2) is 11.5 Å². The molecule has 3 N–H and O–H groups in total. The van der Waals surface area contributed by atoms with Crippen molar-refractivity contribution in [1.29, 1.82) is 0 Å². The Morgan fingerprint density at radius 3 is 2.82 bits per heavy atom. The van der Waals surface area contributed by atoms with E-state index >= 15 is 0 Å². The van der Waals surface area contributed by atoms with E-state index < -0.39 is 5.97 Å². The number of carboxylic acids is 1. The highest BCUT2D eigenvalue weighted by Gasteiger charge is 2.09. The van der Waals surface area contributed by atoms with E-state index in [0.29, 0.717) is 5.69 Å². The van der Waals surface area contributed by atoms with Gasteiger partial charge in [0.2, 0.25) is 0 Å². The first-order chi connectivity index (χ1) is 5.11. The molecule has 0 spiro atoms. The zero-order valence-corrected chi connectivity index (χ0v) is 5.90. The quantitative estimate of drug-likeness (QED) is 0.595. The van der Waals surface area contributed by atoms with E-state index in [0.717, 1.165) is 0 Å². The van der Waals surface area contributed by atoms with Crippen LogP contribution in [0.15, 0.2) is 6.20 Å². The van der Waals surface area contributed by atoms with Crippen LogP contribution in [0.1, 0.15) is 16.2 Å². The van der Waals surface area contributed by atoms with Gasteiger partial charge in [0.25, 0.3) is 0 Å². The lowest BCUT2D eigenvalue weighted by Gasteiger charge is -1.97. The van der Waals surface area contributed by atoms with Crippen molar-refractivity contribution in [3.63, 3.8) is 0 Å². The summed E-state index contributed by atoms with van der Waals surface area (Å²) in [7, 11) is 0. The number of carboxylic acid groups (broad SMARTS) is 1. The molecule has 0 unspecified atom stereocenters. The molecule has 0 atom stereocenters. The zero-order chi connectivity index (χ0) is 8.43. The van der Waals surface area contributed by atoms with Gasteiger partial charge in [-0.3, -0.25) is 0 Å². The second kappa shape index (κ2) is 2.53. The topological polar surface area (TPSA) is 89.1 Å². The lowest BCUT2D eigenvalue weighted by molar-refractivity contribution is 0.0691. The molecule has 0 bridgehead atoms. The van der Waals surface area contributed by atoms with E-state index in [1.165, 1.54) is 6.20 Å². The summed E-state index contributed by atoms with van der Waals surface area (Å²) >= 11 is 0. The summed E-state index contributed by atoms with van der Waals surface area (Å²) < 4.78 is 0. The highest BCUT2D eigenvalue weighted by Crippen LogP contribution is 2.04. The molecule has 11 heavy (non-hydrogen) atoms. The Balaban J connectivity index is 3.20. The van der Waals surface area contributed by atoms with Gasteiger partial charge in [-0.15, -0.1) is 0 Å². The number of nitrogens with zero attached hydrogens (tertiary/aromatic N) is 2. The minimum absolute atomic E-state index is 0.0440. The molecule has 0 saturated heterocycles. The van der Waals surface area contributed by atoms with E-state index in [-0.39, 0.29) is 11.5 Å². The normalized spacial score (nSPS) is 9.55. The van der Waals surface area contributed by atoms with Gasteiger partial charge < -0.3 is 10.8 Å². The largest absolute Gasteiger partial charge is 0.476 e. The standard InChI is InChI=1S/C6H7N3O2/c1-3-2-8-4(6(10)11)5(7)9-3/h2H,1H3,(H2,7,9)(H,10,11). The SMILES string of the molecule is Cc1cnc(C(=O)O)c(N)n1. The summed E-state index contributed by atoms with van der Waals surface area (Å²) in [5.74, 6) is -1.20. The zero-order valence-electron chi connectivity index (χ0n) is 5.90. The molecule has 5 heteroatoms. The number of carbonyl (C=O) groups is 1. The Morgan fingerprint density at radius 2 is 2.36 bits per heavy atom. The summed E-state index contributed by atoms with van der Waals surface area (Å²) in [5, 5.41) is 8.47. The third-order valence-corrected chi connectivity index (χ3v) is 1.12. The molecule has 0 aliphatic carbocycles. The van der Waals surface area contributed by atoms with Gasteiger partial charge in [-0.05, 0) is 6.92 Å². The maximum Gasteiger partial charge on any atom is 0.358 e. The van der Waals surface area contributed by atoms with Gasteiger partial charge in [0.1, 0.15) is 0 Å². The van der Waals surface area contributed by atoms with Crippen LogP contribution in [0.2, 0.25) is 0 Å². The molecule has 1 heterocycles. The van der Waals surface area contributed by atoms with Crippen LogP contribution in [-0.4, -0.2) is 21.0 Å². The van der Waals surface area contributed by atoms with Crippen LogP contribution in [0.3, 0.4) is 0 Å². The molecule has 5 nitrogen and oxygen atoms in total.